The van der Waals surface area contributed by atoms with Crippen LogP contribution in [0.1, 0.15) is 31.1 Å². The Morgan fingerprint density at radius 1 is 1.13 bits per heavy atom. The van der Waals surface area contributed by atoms with Gasteiger partial charge in [-0.3, -0.25) is 9.59 Å². The molecule has 1 aromatic carbocycles. The van der Waals surface area contributed by atoms with Gasteiger partial charge in [0.2, 0.25) is 0 Å². The highest BCUT2D eigenvalue weighted by atomic mass is 35.5. The molecule has 0 saturated heterocycles. The van der Waals surface area contributed by atoms with Crippen LogP contribution in [0.2, 0.25) is 5.15 Å². The first-order valence-corrected chi connectivity index (χ1v) is 6.83. The average molecular weight is 334 g/mol. The number of benzene rings is 1. The number of amides is 2. The van der Waals surface area contributed by atoms with Crippen molar-refractivity contribution >= 4 is 35.1 Å². The summed E-state index contributed by atoms with van der Waals surface area (Å²) in [5.74, 6) is -2.43. The molecule has 2 rings (SSSR count). The maximum Gasteiger partial charge on any atom is 0.336 e. The predicted octanol–water partition coefficient (Wildman–Crippen LogP) is 2.05. The Balaban J connectivity index is 2.41. The molecule has 3 N–H and O–H groups in total. The summed E-state index contributed by atoms with van der Waals surface area (Å²) in [5.41, 5.74) is -0.0312. The zero-order valence-electron chi connectivity index (χ0n) is 12.0. The molecule has 0 aliphatic heterocycles. The Morgan fingerprint density at radius 2 is 1.87 bits per heavy atom. The molecule has 0 aliphatic rings. The smallest absolute Gasteiger partial charge is 0.336 e. The van der Waals surface area contributed by atoms with Crippen LogP contribution in [-0.2, 0) is 0 Å². The van der Waals surface area contributed by atoms with Gasteiger partial charge in [0.05, 0.1) is 22.4 Å². The minimum Gasteiger partial charge on any atom is -0.478 e. The number of aromatic nitrogens is 1. The normalized spacial score (nSPS) is 10.0. The van der Waals surface area contributed by atoms with Crippen molar-refractivity contribution in [2.24, 2.45) is 0 Å². The highest BCUT2D eigenvalue weighted by molar-refractivity contribution is 6.29. The van der Waals surface area contributed by atoms with Crippen molar-refractivity contribution in [2.45, 2.75) is 0 Å². The van der Waals surface area contributed by atoms with Crippen LogP contribution in [-0.4, -0.2) is 34.9 Å². The van der Waals surface area contributed by atoms with Gasteiger partial charge in [-0.05, 0) is 24.3 Å². The number of pyridine rings is 1. The van der Waals surface area contributed by atoms with Gasteiger partial charge in [0, 0.05) is 13.2 Å². The maximum atomic E-state index is 12.2. The molecule has 1 aromatic heterocycles. The summed E-state index contributed by atoms with van der Waals surface area (Å²) in [4.78, 5) is 39.2. The molecule has 0 aliphatic carbocycles. The monoisotopic (exact) mass is 333 g/mol. The Labute approximate surface area is 136 Å². The number of nitrogens with one attached hydrogen (secondary N) is 2. The lowest BCUT2D eigenvalue weighted by Crippen LogP contribution is -2.24. The van der Waals surface area contributed by atoms with Gasteiger partial charge < -0.3 is 15.7 Å². The van der Waals surface area contributed by atoms with Crippen LogP contribution >= 0.6 is 11.6 Å². The molecule has 118 valence electrons. The van der Waals surface area contributed by atoms with Gasteiger partial charge in [0.25, 0.3) is 11.8 Å². The van der Waals surface area contributed by atoms with Gasteiger partial charge in [-0.2, -0.15) is 0 Å². The summed E-state index contributed by atoms with van der Waals surface area (Å²) in [6.45, 7) is 0. The van der Waals surface area contributed by atoms with Crippen LogP contribution in [0.3, 0.4) is 0 Å². The van der Waals surface area contributed by atoms with Crippen LogP contribution < -0.4 is 10.6 Å². The molecule has 23 heavy (non-hydrogen) atoms. The number of rotatable bonds is 4. The van der Waals surface area contributed by atoms with E-state index >= 15 is 0 Å². The molecule has 0 bridgehead atoms. The summed E-state index contributed by atoms with van der Waals surface area (Å²) in [6, 6.07) is 7.07. The molecule has 0 radical (unpaired) electrons. The number of carbonyl (C=O) groups excluding carboxylic acids is 2. The Morgan fingerprint density at radius 3 is 2.43 bits per heavy atom. The lowest BCUT2D eigenvalue weighted by Gasteiger charge is -2.12. The summed E-state index contributed by atoms with van der Waals surface area (Å²) in [5, 5.41) is 14.3. The highest BCUT2D eigenvalue weighted by Gasteiger charge is 2.21. The van der Waals surface area contributed by atoms with E-state index in [1.54, 1.807) is 0 Å². The molecule has 0 saturated carbocycles. The van der Waals surface area contributed by atoms with Crippen molar-refractivity contribution in [3.05, 3.63) is 58.4 Å². The second-order valence-electron chi connectivity index (χ2n) is 4.44. The van der Waals surface area contributed by atoms with E-state index in [1.165, 1.54) is 43.6 Å². The zero-order valence-corrected chi connectivity index (χ0v) is 12.7. The Bertz CT molecular complexity index is 775. The lowest BCUT2D eigenvalue weighted by atomic mass is 10.0. The van der Waals surface area contributed by atoms with E-state index in [9.17, 15) is 19.5 Å². The van der Waals surface area contributed by atoms with Gasteiger partial charge in [0.15, 0.2) is 0 Å². The van der Waals surface area contributed by atoms with Crippen molar-refractivity contribution < 1.29 is 19.5 Å². The third kappa shape index (κ3) is 3.64. The van der Waals surface area contributed by atoms with Gasteiger partial charge >= 0.3 is 5.97 Å². The summed E-state index contributed by atoms with van der Waals surface area (Å²) >= 11 is 5.66. The molecular weight excluding hydrogens is 322 g/mol. The van der Waals surface area contributed by atoms with Crippen molar-refractivity contribution in [3.63, 3.8) is 0 Å². The first kappa shape index (κ1) is 16.4. The predicted molar refractivity (Wildman–Crippen MR) is 84.0 cm³/mol. The Hall–Kier alpha value is -2.93. The van der Waals surface area contributed by atoms with Gasteiger partial charge in [-0.25, -0.2) is 9.78 Å². The van der Waals surface area contributed by atoms with E-state index < -0.39 is 17.8 Å². The number of nitrogens with zero attached hydrogens (tertiary/aromatic N) is 1. The number of carboxylic acid groups (broad SMARTS) is 1. The number of anilines is 1. The minimum atomic E-state index is -1.27. The molecule has 8 heteroatoms. The third-order valence-corrected chi connectivity index (χ3v) is 3.21. The van der Waals surface area contributed by atoms with E-state index in [0.29, 0.717) is 0 Å². The molecular formula is C15H12ClN3O4. The zero-order chi connectivity index (χ0) is 17.0. The standard InChI is InChI=1S/C15H12ClN3O4/c1-17-14(21)12-9(15(22)23)3-2-4-10(12)19-13(20)8-5-6-11(16)18-7-8/h2-7H,1H3,(H,17,21)(H,19,20)(H,22,23). The number of hydrogen-bond donors (Lipinski definition) is 3. The van der Waals surface area contributed by atoms with Crippen molar-refractivity contribution in [1.29, 1.82) is 0 Å². The molecule has 0 unspecified atom stereocenters. The van der Waals surface area contributed by atoms with Crippen LogP contribution in [0.15, 0.2) is 36.5 Å². The topological polar surface area (TPSA) is 108 Å². The minimum absolute atomic E-state index is 0.0872. The number of aromatic carboxylic acids is 1. The number of hydrogen-bond acceptors (Lipinski definition) is 4. The number of carboxylic acids is 1. The van der Waals surface area contributed by atoms with Crippen molar-refractivity contribution in [1.82, 2.24) is 10.3 Å². The molecule has 2 amide bonds. The van der Waals surface area contributed by atoms with E-state index in [0.717, 1.165) is 0 Å². The second-order valence-corrected chi connectivity index (χ2v) is 4.82. The molecule has 0 spiro atoms. The summed E-state index contributed by atoms with van der Waals surface area (Å²) in [7, 11) is 1.37. The molecule has 1 heterocycles. The SMILES string of the molecule is CNC(=O)c1c(NC(=O)c2ccc(Cl)nc2)cccc1C(=O)O. The van der Waals surface area contributed by atoms with E-state index in [1.807, 2.05) is 0 Å². The molecule has 0 atom stereocenters. The molecule has 2 aromatic rings. The Kier molecular flexibility index (Phi) is 4.92. The van der Waals surface area contributed by atoms with Gasteiger partial charge in [-0.1, -0.05) is 17.7 Å². The van der Waals surface area contributed by atoms with Crippen molar-refractivity contribution in [2.75, 3.05) is 12.4 Å². The average Bonchev–Trinajstić information content (AvgIpc) is 2.54. The van der Waals surface area contributed by atoms with Crippen LogP contribution in [0.25, 0.3) is 0 Å². The number of carbonyl (C=O) groups is 3. The lowest BCUT2D eigenvalue weighted by molar-refractivity contribution is 0.0691. The first-order valence-electron chi connectivity index (χ1n) is 6.45. The fraction of sp³-hybridized carbons (Fsp3) is 0.0667. The highest BCUT2D eigenvalue weighted by Crippen LogP contribution is 2.21. The van der Waals surface area contributed by atoms with Crippen LogP contribution in [0.4, 0.5) is 5.69 Å². The fourth-order valence-corrected chi connectivity index (χ4v) is 2.02. The van der Waals surface area contributed by atoms with Crippen LogP contribution in [0.5, 0.6) is 0 Å². The first-order chi connectivity index (χ1) is 10.9. The second kappa shape index (κ2) is 6.89. The van der Waals surface area contributed by atoms with Gasteiger partial charge in [0.1, 0.15) is 5.15 Å². The van der Waals surface area contributed by atoms with E-state index in [2.05, 4.69) is 15.6 Å². The molecule has 0 fully saturated rings. The fourth-order valence-electron chi connectivity index (χ4n) is 1.91. The summed E-state index contributed by atoms with van der Waals surface area (Å²) < 4.78 is 0. The third-order valence-electron chi connectivity index (χ3n) is 2.99. The number of halogens is 1. The van der Waals surface area contributed by atoms with E-state index in [-0.39, 0.29) is 27.5 Å². The largest absolute Gasteiger partial charge is 0.478 e. The van der Waals surface area contributed by atoms with E-state index in [4.69, 9.17) is 11.6 Å². The summed E-state index contributed by atoms with van der Waals surface area (Å²) in [6.07, 6.45) is 1.28. The van der Waals surface area contributed by atoms with Crippen LogP contribution in [0, 0.1) is 0 Å². The van der Waals surface area contributed by atoms with Crippen molar-refractivity contribution in [3.8, 4) is 0 Å². The van der Waals surface area contributed by atoms with Gasteiger partial charge in [-0.15, -0.1) is 0 Å². The molecule has 7 nitrogen and oxygen atoms in total. The maximum absolute atomic E-state index is 12.2. The quantitative estimate of drug-likeness (QED) is 0.742.